The van der Waals surface area contributed by atoms with Gasteiger partial charge in [0.1, 0.15) is 6.10 Å². The van der Waals surface area contributed by atoms with Crippen LogP contribution >= 0.6 is 0 Å². The molecule has 0 aliphatic carbocycles. The highest BCUT2D eigenvalue weighted by Crippen LogP contribution is 2.25. The van der Waals surface area contributed by atoms with Crippen LogP contribution in [0, 0.1) is 6.10 Å². The maximum atomic E-state index is 5.63. The number of hydrogen-bond acceptors (Lipinski definition) is 4. The Morgan fingerprint density at radius 3 is 2.57 bits per heavy atom. The lowest BCUT2D eigenvalue weighted by Gasteiger charge is -2.29. The van der Waals surface area contributed by atoms with Gasteiger partial charge in [0.25, 0.3) is 0 Å². The summed E-state index contributed by atoms with van der Waals surface area (Å²) in [4.78, 5) is 0. The molecular formula is C10H19O4. The van der Waals surface area contributed by atoms with E-state index in [2.05, 4.69) is 0 Å². The van der Waals surface area contributed by atoms with E-state index in [4.69, 9.17) is 18.9 Å². The highest BCUT2D eigenvalue weighted by Gasteiger charge is 2.32. The van der Waals surface area contributed by atoms with E-state index in [1.165, 1.54) is 0 Å². The molecule has 2 unspecified atom stereocenters. The summed E-state index contributed by atoms with van der Waals surface area (Å²) in [5.74, 6) is -0.605. The van der Waals surface area contributed by atoms with E-state index in [1.54, 1.807) is 14.2 Å². The van der Waals surface area contributed by atoms with E-state index < -0.39 is 5.79 Å². The summed E-state index contributed by atoms with van der Waals surface area (Å²) in [6, 6.07) is 0. The molecule has 1 aliphatic rings. The first-order chi connectivity index (χ1) is 6.59. The predicted octanol–water partition coefficient (Wildman–Crippen LogP) is 1.35. The second kappa shape index (κ2) is 5.07. The quantitative estimate of drug-likeness (QED) is 0.462. The van der Waals surface area contributed by atoms with Crippen LogP contribution in [0.15, 0.2) is 0 Å². The zero-order valence-corrected chi connectivity index (χ0v) is 9.33. The first kappa shape index (κ1) is 11.9. The molecule has 0 saturated carbocycles. The number of methoxy groups -OCH3 is 2. The third-order valence-corrected chi connectivity index (χ3v) is 2.33. The van der Waals surface area contributed by atoms with Crippen molar-refractivity contribution in [3.8, 4) is 0 Å². The smallest absolute Gasteiger partial charge is 0.168 e. The van der Waals surface area contributed by atoms with Crippen molar-refractivity contribution < 1.29 is 18.9 Å². The summed E-state index contributed by atoms with van der Waals surface area (Å²) >= 11 is 0. The van der Waals surface area contributed by atoms with Gasteiger partial charge in [-0.15, -0.1) is 0 Å². The van der Waals surface area contributed by atoms with E-state index in [1.807, 2.05) is 13.8 Å². The van der Waals surface area contributed by atoms with Crippen LogP contribution in [-0.2, 0) is 18.9 Å². The van der Waals surface area contributed by atoms with Crippen molar-refractivity contribution in [2.45, 2.75) is 32.2 Å². The van der Waals surface area contributed by atoms with Crippen molar-refractivity contribution in [3.05, 3.63) is 6.10 Å². The number of rotatable bonds is 7. The highest BCUT2D eigenvalue weighted by atomic mass is 16.7. The number of epoxide rings is 1. The molecule has 1 radical (unpaired) electrons. The van der Waals surface area contributed by atoms with Crippen LogP contribution in [0.3, 0.4) is 0 Å². The molecule has 0 aromatic heterocycles. The molecule has 2 atom stereocenters. The number of hydrogen-bond donors (Lipinski definition) is 0. The minimum absolute atomic E-state index is 0.257. The van der Waals surface area contributed by atoms with Crippen LogP contribution in [-0.4, -0.2) is 39.3 Å². The molecule has 1 fully saturated rings. The largest absolute Gasteiger partial charge is 0.375 e. The SMILES string of the molecule is CO[C](C)CC(C)(OC)OCC1CO1. The summed E-state index contributed by atoms with van der Waals surface area (Å²) in [6.07, 6.45) is 1.78. The third kappa shape index (κ3) is 3.92. The first-order valence-electron chi connectivity index (χ1n) is 4.77. The minimum Gasteiger partial charge on any atom is -0.375 e. The van der Waals surface area contributed by atoms with Crippen molar-refractivity contribution in [1.29, 1.82) is 0 Å². The van der Waals surface area contributed by atoms with Gasteiger partial charge in [0.05, 0.1) is 19.3 Å². The van der Waals surface area contributed by atoms with Gasteiger partial charge in [0.15, 0.2) is 5.79 Å². The Kier molecular flexibility index (Phi) is 4.31. The molecule has 14 heavy (non-hydrogen) atoms. The van der Waals surface area contributed by atoms with Crippen molar-refractivity contribution in [3.63, 3.8) is 0 Å². The average Bonchev–Trinajstić information content (AvgIpc) is 2.98. The lowest BCUT2D eigenvalue weighted by atomic mass is 10.1. The molecular weight excluding hydrogens is 184 g/mol. The Balaban J connectivity index is 2.29. The summed E-state index contributed by atoms with van der Waals surface area (Å²) in [5, 5.41) is 0. The Labute approximate surface area is 85.5 Å². The van der Waals surface area contributed by atoms with Gasteiger partial charge in [0.2, 0.25) is 0 Å². The molecule has 4 heteroatoms. The molecule has 0 bridgehead atoms. The van der Waals surface area contributed by atoms with Gasteiger partial charge in [-0.25, -0.2) is 0 Å². The van der Waals surface area contributed by atoms with Gasteiger partial charge in [-0.05, 0) is 13.8 Å². The van der Waals surface area contributed by atoms with Crippen molar-refractivity contribution in [2.24, 2.45) is 0 Å². The lowest BCUT2D eigenvalue weighted by Crippen LogP contribution is -2.34. The normalized spacial score (nSPS) is 25.1. The van der Waals surface area contributed by atoms with Crippen molar-refractivity contribution in [1.82, 2.24) is 0 Å². The van der Waals surface area contributed by atoms with Crippen LogP contribution in [0.5, 0.6) is 0 Å². The van der Waals surface area contributed by atoms with E-state index >= 15 is 0 Å². The zero-order valence-electron chi connectivity index (χ0n) is 9.33. The highest BCUT2D eigenvalue weighted by molar-refractivity contribution is 4.81. The monoisotopic (exact) mass is 203 g/mol. The van der Waals surface area contributed by atoms with E-state index in [0.717, 1.165) is 12.7 Å². The second-order valence-corrected chi connectivity index (χ2v) is 3.69. The maximum Gasteiger partial charge on any atom is 0.168 e. The third-order valence-electron chi connectivity index (χ3n) is 2.33. The Morgan fingerprint density at radius 1 is 1.50 bits per heavy atom. The molecule has 1 saturated heterocycles. The van der Waals surface area contributed by atoms with Crippen LogP contribution in [0.2, 0.25) is 0 Å². The van der Waals surface area contributed by atoms with Crippen molar-refractivity contribution >= 4 is 0 Å². The van der Waals surface area contributed by atoms with Crippen LogP contribution in [0.4, 0.5) is 0 Å². The molecule has 0 N–H and O–H groups in total. The van der Waals surface area contributed by atoms with Gasteiger partial charge in [0, 0.05) is 20.6 Å². The fraction of sp³-hybridized carbons (Fsp3) is 0.900. The van der Waals surface area contributed by atoms with Gasteiger partial charge in [-0.2, -0.15) is 0 Å². The lowest BCUT2D eigenvalue weighted by molar-refractivity contribution is -0.218. The van der Waals surface area contributed by atoms with Gasteiger partial charge < -0.3 is 18.9 Å². The van der Waals surface area contributed by atoms with Gasteiger partial charge >= 0.3 is 0 Å². The van der Waals surface area contributed by atoms with E-state index in [9.17, 15) is 0 Å². The van der Waals surface area contributed by atoms with Gasteiger partial charge in [-0.1, -0.05) is 0 Å². The average molecular weight is 203 g/mol. The van der Waals surface area contributed by atoms with E-state index in [0.29, 0.717) is 13.0 Å². The van der Waals surface area contributed by atoms with E-state index in [-0.39, 0.29) is 6.10 Å². The number of ether oxygens (including phenoxy) is 4. The molecule has 1 aliphatic heterocycles. The molecule has 1 heterocycles. The van der Waals surface area contributed by atoms with Crippen LogP contribution in [0.1, 0.15) is 20.3 Å². The second-order valence-electron chi connectivity index (χ2n) is 3.69. The molecule has 0 amide bonds. The molecule has 1 rings (SSSR count). The van der Waals surface area contributed by atoms with Crippen molar-refractivity contribution in [2.75, 3.05) is 27.4 Å². The summed E-state index contributed by atoms with van der Waals surface area (Å²) in [5.41, 5.74) is 0. The summed E-state index contributed by atoms with van der Waals surface area (Å²) < 4.78 is 21.1. The molecule has 0 aromatic carbocycles. The molecule has 0 aromatic rings. The minimum atomic E-state index is -0.605. The zero-order chi connectivity index (χ0) is 10.6. The topological polar surface area (TPSA) is 40.2 Å². The fourth-order valence-electron chi connectivity index (χ4n) is 1.14. The van der Waals surface area contributed by atoms with Crippen LogP contribution in [0.25, 0.3) is 0 Å². The maximum absolute atomic E-state index is 5.63. The molecule has 4 nitrogen and oxygen atoms in total. The standard InChI is InChI=1S/C10H19O4/c1-8(11-3)5-10(2,12-4)14-7-9-6-13-9/h9H,5-7H2,1-4H3. The van der Waals surface area contributed by atoms with Gasteiger partial charge in [-0.3, -0.25) is 0 Å². The first-order valence-corrected chi connectivity index (χ1v) is 4.77. The Hall–Kier alpha value is -0.160. The fourth-order valence-corrected chi connectivity index (χ4v) is 1.14. The Bertz CT molecular complexity index is 170. The Morgan fingerprint density at radius 2 is 2.14 bits per heavy atom. The summed E-state index contributed by atoms with van der Waals surface area (Å²) in [6.45, 7) is 5.19. The molecule has 0 spiro atoms. The summed E-state index contributed by atoms with van der Waals surface area (Å²) in [7, 11) is 3.28. The molecule has 83 valence electrons. The van der Waals surface area contributed by atoms with Crippen LogP contribution < -0.4 is 0 Å². The predicted molar refractivity (Wildman–Crippen MR) is 51.6 cm³/mol.